The van der Waals surface area contributed by atoms with Crippen LogP contribution >= 0.6 is 0 Å². The van der Waals surface area contributed by atoms with Gasteiger partial charge in [0.1, 0.15) is 5.70 Å². The molecule has 2 aromatic heterocycles. The van der Waals surface area contributed by atoms with E-state index in [9.17, 15) is 9.59 Å². The van der Waals surface area contributed by atoms with Crippen LogP contribution in [-0.2, 0) is 14.3 Å². The quantitative estimate of drug-likeness (QED) is 0.605. The van der Waals surface area contributed by atoms with Gasteiger partial charge in [0.05, 0.1) is 25.8 Å². The molecule has 0 unspecified atom stereocenters. The van der Waals surface area contributed by atoms with Crippen molar-refractivity contribution in [3.8, 4) is 11.5 Å². The number of rotatable bonds is 6. The van der Waals surface area contributed by atoms with Crippen molar-refractivity contribution in [3.05, 3.63) is 53.9 Å². The number of amides is 1. The van der Waals surface area contributed by atoms with Crippen molar-refractivity contribution >= 4 is 28.8 Å². The lowest BCUT2D eigenvalue weighted by molar-refractivity contribution is -0.136. The molecule has 9 nitrogen and oxygen atoms in total. The second-order valence-electron chi connectivity index (χ2n) is 6.34. The molecule has 1 aliphatic rings. The van der Waals surface area contributed by atoms with E-state index in [0.29, 0.717) is 22.8 Å². The maximum Gasteiger partial charge on any atom is 0.337 e. The molecule has 9 heteroatoms. The lowest BCUT2D eigenvalue weighted by Gasteiger charge is -2.15. The number of esters is 1. The maximum absolute atomic E-state index is 12.6. The molecule has 1 amide bonds. The van der Waals surface area contributed by atoms with Gasteiger partial charge in [-0.2, -0.15) is 4.98 Å². The van der Waals surface area contributed by atoms with Crippen molar-refractivity contribution in [3.63, 3.8) is 0 Å². The van der Waals surface area contributed by atoms with Crippen molar-refractivity contribution < 1.29 is 23.8 Å². The molecular formula is C20H18N4O5. The Kier molecular flexibility index (Phi) is 4.96. The van der Waals surface area contributed by atoms with Gasteiger partial charge in [0.25, 0.3) is 5.91 Å². The van der Waals surface area contributed by atoms with E-state index < -0.39 is 5.97 Å². The molecule has 0 saturated carbocycles. The summed E-state index contributed by atoms with van der Waals surface area (Å²) in [4.78, 5) is 34.5. The standard InChI is InChI=1S/C20H18N4O5/c1-28-20(27)14-11-24(9-10-25)19(26)16(14)22-13-6-4-12(5-7-13)18-23-17-15(29-18)3-2-8-21-17/h2-8,22,25H,9-11H2,1H3. The highest BCUT2D eigenvalue weighted by Crippen LogP contribution is 2.26. The number of methoxy groups -OCH3 is 1. The van der Waals surface area contributed by atoms with Crippen LogP contribution in [-0.4, -0.2) is 58.7 Å². The number of aliphatic hydroxyl groups is 1. The molecule has 3 heterocycles. The molecule has 0 saturated heterocycles. The molecule has 0 atom stereocenters. The second-order valence-corrected chi connectivity index (χ2v) is 6.34. The summed E-state index contributed by atoms with van der Waals surface area (Å²) in [6.45, 7) is 0.0269. The summed E-state index contributed by atoms with van der Waals surface area (Å²) in [5.41, 5.74) is 2.84. The number of β-amino-alcohol motifs (C(OH)–C–C–N with tert-alkyl or cyclic N) is 1. The van der Waals surface area contributed by atoms with Crippen LogP contribution in [0.3, 0.4) is 0 Å². The number of benzene rings is 1. The molecule has 4 rings (SSSR count). The van der Waals surface area contributed by atoms with E-state index in [4.69, 9.17) is 14.3 Å². The Bertz CT molecular complexity index is 1070. The highest BCUT2D eigenvalue weighted by molar-refractivity contribution is 6.08. The Morgan fingerprint density at radius 1 is 1.31 bits per heavy atom. The number of hydrogen-bond acceptors (Lipinski definition) is 8. The number of anilines is 1. The van der Waals surface area contributed by atoms with Gasteiger partial charge < -0.3 is 24.5 Å². The zero-order chi connectivity index (χ0) is 20.4. The van der Waals surface area contributed by atoms with Crippen LogP contribution in [0.25, 0.3) is 22.7 Å². The molecular weight excluding hydrogens is 376 g/mol. The van der Waals surface area contributed by atoms with Crippen molar-refractivity contribution in [2.45, 2.75) is 0 Å². The fourth-order valence-corrected chi connectivity index (χ4v) is 3.08. The van der Waals surface area contributed by atoms with Gasteiger partial charge >= 0.3 is 5.97 Å². The minimum Gasteiger partial charge on any atom is -0.466 e. The average molecular weight is 394 g/mol. The van der Waals surface area contributed by atoms with Crippen molar-refractivity contribution in [1.29, 1.82) is 0 Å². The van der Waals surface area contributed by atoms with Crippen LogP contribution in [0.15, 0.2) is 58.3 Å². The third kappa shape index (κ3) is 3.55. The molecule has 29 heavy (non-hydrogen) atoms. The molecule has 0 aliphatic carbocycles. The topological polar surface area (TPSA) is 118 Å². The van der Waals surface area contributed by atoms with Gasteiger partial charge in [-0.15, -0.1) is 0 Å². The number of fused-ring (bicyclic) bond motifs is 1. The minimum atomic E-state index is -0.586. The first-order valence-corrected chi connectivity index (χ1v) is 8.91. The van der Waals surface area contributed by atoms with Crippen LogP contribution in [0.2, 0.25) is 0 Å². The van der Waals surface area contributed by atoms with E-state index in [0.717, 1.165) is 5.56 Å². The van der Waals surface area contributed by atoms with Gasteiger partial charge in [0.2, 0.25) is 5.89 Å². The molecule has 1 aromatic carbocycles. The van der Waals surface area contributed by atoms with Crippen molar-refractivity contribution in [2.75, 3.05) is 32.1 Å². The Morgan fingerprint density at radius 3 is 2.79 bits per heavy atom. The SMILES string of the molecule is COC(=O)C1=C(Nc2ccc(-c3nc4ncccc4o3)cc2)C(=O)N(CCO)C1. The minimum absolute atomic E-state index is 0.0857. The normalized spacial score (nSPS) is 14.0. The van der Waals surface area contributed by atoms with Gasteiger partial charge in [-0.25, -0.2) is 9.78 Å². The predicted molar refractivity (Wildman–Crippen MR) is 104 cm³/mol. The van der Waals surface area contributed by atoms with E-state index in [1.165, 1.54) is 12.0 Å². The molecule has 0 spiro atoms. The van der Waals surface area contributed by atoms with Crippen LogP contribution in [0.5, 0.6) is 0 Å². The summed E-state index contributed by atoms with van der Waals surface area (Å²) in [6, 6.07) is 10.6. The summed E-state index contributed by atoms with van der Waals surface area (Å²) >= 11 is 0. The summed E-state index contributed by atoms with van der Waals surface area (Å²) in [5, 5.41) is 12.1. The Hall–Kier alpha value is -3.72. The van der Waals surface area contributed by atoms with Gasteiger partial charge in [-0.3, -0.25) is 4.79 Å². The maximum atomic E-state index is 12.6. The Labute approximate surface area is 165 Å². The summed E-state index contributed by atoms with van der Waals surface area (Å²) in [7, 11) is 1.26. The first-order chi connectivity index (χ1) is 14.1. The van der Waals surface area contributed by atoms with E-state index in [-0.39, 0.29) is 36.9 Å². The monoisotopic (exact) mass is 394 g/mol. The summed E-state index contributed by atoms with van der Waals surface area (Å²) in [6.07, 6.45) is 1.65. The molecule has 2 N–H and O–H groups in total. The Morgan fingerprint density at radius 2 is 2.10 bits per heavy atom. The van der Waals surface area contributed by atoms with Crippen molar-refractivity contribution in [1.82, 2.24) is 14.9 Å². The van der Waals surface area contributed by atoms with Gasteiger partial charge in [-0.05, 0) is 36.4 Å². The third-order valence-corrected chi connectivity index (χ3v) is 4.52. The fraction of sp³-hybridized carbons (Fsp3) is 0.200. The number of carbonyl (C=O) groups excluding carboxylic acids is 2. The average Bonchev–Trinajstić information content (AvgIpc) is 3.31. The fourth-order valence-electron chi connectivity index (χ4n) is 3.08. The van der Waals surface area contributed by atoms with Crippen LogP contribution in [0.1, 0.15) is 0 Å². The van der Waals surface area contributed by atoms with Crippen LogP contribution in [0, 0.1) is 0 Å². The Balaban J connectivity index is 1.58. The number of carbonyl (C=O) groups is 2. The number of aliphatic hydroxyl groups excluding tert-OH is 1. The largest absolute Gasteiger partial charge is 0.466 e. The number of nitrogens with one attached hydrogen (secondary N) is 1. The number of ether oxygens (including phenoxy) is 1. The number of nitrogens with zero attached hydrogens (tertiary/aromatic N) is 3. The van der Waals surface area contributed by atoms with E-state index in [1.54, 1.807) is 42.6 Å². The van der Waals surface area contributed by atoms with Crippen molar-refractivity contribution in [2.24, 2.45) is 0 Å². The summed E-state index contributed by atoms with van der Waals surface area (Å²) < 4.78 is 10.5. The van der Waals surface area contributed by atoms with Gasteiger partial charge in [0.15, 0.2) is 11.2 Å². The molecule has 148 valence electrons. The number of hydrogen-bond donors (Lipinski definition) is 2. The molecule has 0 fully saturated rings. The van der Waals surface area contributed by atoms with Gasteiger partial charge in [0, 0.05) is 24.0 Å². The summed E-state index contributed by atoms with van der Waals surface area (Å²) in [5.74, 6) is -0.517. The first kappa shape index (κ1) is 18.6. The number of oxazole rings is 1. The lowest BCUT2D eigenvalue weighted by atomic mass is 10.2. The molecule has 0 bridgehead atoms. The lowest BCUT2D eigenvalue weighted by Crippen LogP contribution is -2.31. The zero-order valence-corrected chi connectivity index (χ0v) is 15.6. The second kappa shape index (κ2) is 7.72. The smallest absolute Gasteiger partial charge is 0.337 e. The first-order valence-electron chi connectivity index (χ1n) is 8.91. The van der Waals surface area contributed by atoms with Crippen LogP contribution < -0.4 is 5.32 Å². The molecule has 3 aromatic rings. The van der Waals surface area contributed by atoms with E-state index in [1.807, 2.05) is 0 Å². The zero-order valence-electron chi connectivity index (χ0n) is 15.6. The van der Waals surface area contributed by atoms with Gasteiger partial charge in [-0.1, -0.05) is 0 Å². The highest BCUT2D eigenvalue weighted by Gasteiger charge is 2.34. The van der Waals surface area contributed by atoms with E-state index in [2.05, 4.69) is 15.3 Å². The number of aromatic nitrogens is 2. The number of pyridine rings is 1. The predicted octanol–water partition coefficient (Wildman–Crippen LogP) is 1.56. The third-order valence-electron chi connectivity index (χ3n) is 4.52. The molecule has 0 radical (unpaired) electrons. The van der Waals surface area contributed by atoms with Crippen LogP contribution in [0.4, 0.5) is 5.69 Å². The highest BCUT2D eigenvalue weighted by atomic mass is 16.5. The van der Waals surface area contributed by atoms with E-state index >= 15 is 0 Å². The molecule has 1 aliphatic heterocycles.